The number of imidazole rings is 1. The van der Waals surface area contributed by atoms with Gasteiger partial charge in [0, 0.05) is 14.1 Å². The first-order valence-electron chi connectivity index (χ1n) is 3.41. The molecule has 13 heavy (non-hydrogen) atoms. The number of hydrogen-bond donors (Lipinski definition) is 2. The van der Waals surface area contributed by atoms with Gasteiger partial charge in [-0.1, -0.05) is 4.73 Å². The van der Waals surface area contributed by atoms with Crippen molar-refractivity contribution in [3.63, 3.8) is 0 Å². The topological polar surface area (TPSA) is 87.6 Å². The molecule has 1 heterocycles. The molecule has 7 nitrogen and oxygen atoms in total. The van der Waals surface area contributed by atoms with Crippen LogP contribution in [0.2, 0.25) is 0 Å². The maximum atomic E-state index is 10.9. The van der Waals surface area contributed by atoms with Crippen molar-refractivity contribution >= 4 is 6.09 Å². The van der Waals surface area contributed by atoms with Gasteiger partial charge in [-0.15, -0.1) is 0 Å². The number of nitrogens with zero attached hydrogens (tertiary/aromatic N) is 2. The van der Waals surface area contributed by atoms with Crippen molar-refractivity contribution in [2.24, 2.45) is 0 Å². The van der Waals surface area contributed by atoms with E-state index in [2.05, 4.69) is 9.82 Å². The molecule has 0 fully saturated rings. The highest BCUT2D eigenvalue weighted by Crippen LogP contribution is 1.99. The lowest BCUT2D eigenvalue weighted by Crippen LogP contribution is -2.35. The zero-order valence-electron chi connectivity index (χ0n) is 7.14. The molecule has 0 atom stereocenters. The minimum atomic E-state index is -0.753. The largest absolute Gasteiger partial charge is 0.491 e. The van der Waals surface area contributed by atoms with E-state index in [0.717, 1.165) is 11.1 Å². The zero-order valence-corrected chi connectivity index (χ0v) is 7.14. The first kappa shape index (κ1) is 9.17. The van der Waals surface area contributed by atoms with E-state index < -0.39 is 17.7 Å². The standard InChI is InChI=1S/C6H9N3O4/c1-8(2)6(12)13-9-4(10)3-7-5(9)11/h3,10H,1-2H3,(H,7,11). The van der Waals surface area contributed by atoms with Crippen LogP contribution in [0.1, 0.15) is 0 Å². The Morgan fingerprint density at radius 3 is 2.69 bits per heavy atom. The summed E-state index contributed by atoms with van der Waals surface area (Å²) in [6, 6.07) is 0. The molecule has 0 saturated heterocycles. The molecule has 0 aliphatic heterocycles. The van der Waals surface area contributed by atoms with Crippen molar-refractivity contribution < 1.29 is 14.7 Å². The zero-order chi connectivity index (χ0) is 10.0. The molecule has 1 aromatic rings. The van der Waals surface area contributed by atoms with Crippen molar-refractivity contribution in [3.8, 4) is 5.88 Å². The van der Waals surface area contributed by atoms with E-state index >= 15 is 0 Å². The average molecular weight is 187 g/mol. The van der Waals surface area contributed by atoms with E-state index in [1.807, 2.05) is 0 Å². The summed E-state index contributed by atoms with van der Waals surface area (Å²) in [7, 11) is 2.91. The van der Waals surface area contributed by atoms with Crippen molar-refractivity contribution in [1.82, 2.24) is 14.6 Å². The van der Waals surface area contributed by atoms with Crippen LogP contribution in [0.25, 0.3) is 0 Å². The first-order valence-corrected chi connectivity index (χ1v) is 3.41. The lowest BCUT2D eigenvalue weighted by Gasteiger charge is -2.09. The summed E-state index contributed by atoms with van der Waals surface area (Å²) in [6.45, 7) is 0. The van der Waals surface area contributed by atoms with Crippen LogP contribution in [0.5, 0.6) is 5.88 Å². The molecule has 0 spiro atoms. The van der Waals surface area contributed by atoms with Gasteiger partial charge in [0.15, 0.2) is 0 Å². The molecule has 1 aromatic heterocycles. The minimum Gasteiger partial charge on any atom is -0.491 e. The fourth-order valence-electron chi connectivity index (χ4n) is 0.596. The van der Waals surface area contributed by atoms with Crippen LogP contribution in [0.4, 0.5) is 4.79 Å². The Kier molecular flexibility index (Phi) is 2.27. The molecule has 0 aliphatic carbocycles. The van der Waals surface area contributed by atoms with Crippen LogP contribution in [0, 0.1) is 0 Å². The molecule has 1 amide bonds. The molecule has 0 aliphatic rings. The normalized spacial score (nSPS) is 9.69. The Balaban J connectivity index is 2.86. The van der Waals surface area contributed by atoms with Gasteiger partial charge in [0.1, 0.15) is 0 Å². The van der Waals surface area contributed by atoms with E-state index in [-0.39, 0.29) is 0 Å². The van der Waals surface area contributed by atoms with Gasteiger partial charge in [0.2, 0.25) is 5.88 Å². The third kappa shape index (κ3) is 1.81. The highest BCUT2D eigenvalue weighted by atomic mass is 16.7. The predicted molar refractivity (Wildman–Crippen MR) is 42.4 cm³/mol. The van der Waals surface area contributed by atoms with Crippen LogP contribution < -0.4 is 10.5 Å². The van der Waals surface area contributed by atoms with Crippen molar-refractivity contribution in [3.05, 3.63) is 16.7 Å². The van der Waals surface area contributed by atoms with Crippen LogP contribution >= 0.6 is 0 Å². The lowest BCUT2D eigenvalue weighted by atomic mass is 10.9. The predicted octanol–water partition coefficient (Wildman–Crippen LogP) is -1.01. The maximum Gasteiger partial charge on any atom is 0.434 e. The van der Waals surface area contributed by atoms with Crippen LogP contribution in [-0.2, 0) is 0 Å². The third-order valence-corrected chi connectivity index (χ3v) is 1.25. The van der Waals surface area contributed by atoms with Gasteiger partial charge in [-0.25, -0.2) is 9.59 Å². The summed E-state index contributed by atoms with van der Waals surface area (Å²) in [5.74, 6) is -0.458. The number of H-pyrrole nitrogens is 1. The van der Waals surface area contributed by atoms with Gasteiger partial charge in [0.05, 0.1) is 6.20 Å². The van der Waals surface area contributed by atoms with E-state index in [1.165, 1.54) is 14.1 Å². The molecule has 0 aromatic carbocycles. The number of aromatic nitrogens is 2. The molecule has 0 radical (unpaired) electrons. The van der Waals surface area contributed by atoms with Crippen LogP contribution in [0.3, 0.4) is 0 Å². The first-order chi connectivity index (χ1) is 6.02. The Bertz CT molecular complexity index is 364. The molecular weight excluding hydrogens is 178 g/mol. The number of carbonyl (C=O) groups excluding carboxylic acids is 1. The Morgan fingerprint density at radius 1 is 1.69 bits per heavy atom. The monoisotopic (exact) mass is 187 g/mol. The quantitative estimate of drug-likeness (QED) is 0.589. The van der Waals surface area contributed by atoms with Crippen molar-refractivity contribution in [1.29, 1.82) is 0 Å². The van der Waals surface area contributed by atoms with E-state index in [4.69, 9.17) is 5.11 Å². The molecule has 72 valence electrons. The third-order valence-electron chi connectivity index (χ3n) is 1.25. The average Bonchev–Trinajstić information content (AvgIpc) is 2.35. The Labute approximate surface area is 73.1 Å². The van der Waals surface area contributed by atoms with Gasteiger partial charge in [-0.2, -0.15) is 0 Å². The summed E-state index contributed by atoms with van der Waals surface area (Å²) >= 11 is 0. The van der Waals surface area contributed by atoms with Gasteiger partial charge < -0.3 is 19.8 Å². The molecule has 0 unspecified atom stereocenters. The summed E-state index contributed by atoms with van der Waals surface area (Å²) in [5.41, 5.74) is -0.715. The van der Waals surface area contributed by atoms with E-state index in [0.29, 0.717) is 4.73 Å². The van der Waals surface area contributed by atoms with E-state index in [1.54, 1.807) is 0 Å². The number of amides is 1. The number of carbonyl (C=O) groups is 1. The molecule has 0 saturated carbocycles. The highest BCUT2D eigenvalue weighted by Gasteiger charge is 2.11. The van der Waals surface area contributed by atoms with Gasteiger partial charge in [-0.3, -0.25) is 0 Å². The molecular formula is C6H9N3O4. The maximum absolute atomic E-state index is 10.9. The second kappa shape index (κ2) is 3.21. The van der Waals surface area contributed by atoms with Gasteiger partial charge in [-0.05, 0) is 0 Å². The Hall–Kier alpha value is -1.92. The second-order valence-electron chi connectivity index (χ2n) is 2.50. The molecule has 2 N–H and O–H groups in total. The SMILES string of the molecule is CN(C)C(=O)On1c(O)c[nH]c1=O. The minimum absolute atomic E-state index is 0.458. The summed E-state index contributed by atoms with van der Waals surface area (Å²) in [6.07, 6.45) is 0.266. The fourth-order valence-corrected chi connectivity index (χ4v) is 0.596. The Morgan fingerprint density at radius 2 is 2.31 bits per heavy atom. The van der Waals surface area contributed by atoms with Gasteiger partial charge >= 0.3 is 11.8 Å². The summed E-state index contributed by atoms with van der Waals surface area (Å²) < 4.78 is 0.461. The van der Waals surface area contributed by atoms with Crippen LogP contribution in [0.15, 0.2) is 11.0 Å². The molecule has 0 bridgehead atoms. The second-order valence-corrected chi connectivity index (χ2v) is 2.50. The molecule has 7 heteroatoms. The fraction of sp³-hybridized carbons (Fsp3) is 0.333. The number of nitrogens with one attached hydrogen (secondary N) is 1. The highest BCUT2D eigenvalue weighted by molar-refractivity contribution is 5.67. The smallest absolute Gasteiger partial charge is 0.434 e. The number of hydrogen-bond acceptors (Lipinski definition) is 4. The summed E-state index contributed by atoms with van der Waals surface area (Å²) in [4.78, 5) is 29.5. The van der Waals surface area contributed by atoms with Crippen molar-refractivity contribution in [2.45, 2.75) is 0 Å². The molecule has 1 rings (SSSR count). The van der Waals surface area contributed by atoms with Crippen molar-refractivity contribution in [2.75, 3.05) is 14.1 Å². The number of rotatable bonds is 1. The van der Waals surface area contributed by atoms with Gasteiger partial charge in [0.25, 0.3) is 0 Å². The number of aromatic amines is 1. The van der Waals surface area contributed by atoms with Crippen LogP contribution in [-0.4, -0.2) is 39.9 Å². The lowest BCUT2D eigenvalue weighted by molar-refractivity contribution is 0.0927. The summed E-state index contributed by atoms with van der Waals surface area (Å²) in [5, 5.41) is 9.00. The van der Waals surface area contributed by atoms with E-state index in [9.17, 15) is 9.59 Å². The number of aromatic hydroxyl groups is 1.